The fraction of sp³-hybridized carbons (Fsp3) is 0.273. The number of amides is 1. The molecule has 1 amide bonds. The molecule has 0 fully saturated rings. The van der Waals surface area contributed by atoms with Gasteiger partial charge in [0.2, 0.25) is 0 Å². The molecule has 152 valence electrons. The largest absolute Gasteiger partial charge is 0.493 e. The topological polar surface area (TPSA) is 73.6 Å². The van der Waals surface area contributed by atoms with Gasteiger partial charge in [0.15, 0.2) is 11.5 Å². The first kappa shape index (κ1) is 20.4. The maximum atomic E-state index is 13.6. The van der Waals surface area contributed by atoms with Crippen molar-refractivity contribution in [2.24, 2.45) is 0 Å². The SMILES string of the molecule is COc1cc(C(=O)NCc2ccc(C)c(F)c2)ccc1OCc1c(C)noc1C. The molecule has 2 aromatic carbocycles. The summed E-state index contributed by atoms with van der Waals surface area (Å²) in [5.74, 6) is 1.06. The lowest BCUT2D eigenvalue weighted by Gasteiger charge is -2.12. The van der Waals surface area contributed by atoms with Gasteiger partial charge < -0.3 is 19.3 Å². The van der Waals surface area contributed by atoms with Gasteiger partial charge in [0.05, 0.1) is 18.4 Å². The molecule has 0 aliphatic heterocycles. The van der Waals surface area contributed by atoms with Crippen LogP contribution in [0.1, 0.15) is 38.5 Å². The van der Waals surface area contributed by atoms with Crippen LogP contribution in [0.2, 0.25) is 0 Å². The van der Waals surface area contributed by atoms with Crippen LogP contribution >= 0.6 is 0 Å². The number of rotatable bonds is 7. The second-order valence-corrected chi connectivity index (χ2v) is 6.72. The number of hydrogen-bond acceptors (Lipinski definition) is 5. The second kappa shape index (κ2) is 8.77. The predicted molar refractivity (Wildman–Crippen MR) is 106 cm³/mol. The number of benzene rings is 2. The van der Waals surface area contributed by atoms with Gasteiger partial charge in [-0.3, -0.25) is 4.79 Å². The molecule has 0 saturated heterocycles. The summed E-state index contributed by atoms with van der Waals surface area (Å²) in [6.07, 6.45) is 0. The van der Waals surface area contributed by atoms with E-state index in [0.717, 1.165) is 11.3 Å². The average molecular weight is 398 g/mol. The van der Waals surface area contributed by atoms with E-state index in [2.05, 4.69) is 10.5 Å². The number of carbonyl (C=O) groups is 1. The minimum Gasteiger partial charge on any atom is -0.493 e. The van der Waals surface area contributed by atoms with Crippen molar-refractivity contribution >= 4 is 5.91 Å². The number of aromatic nitrogens is 1. The van der Waals surface area contributed by atoms with Gasteiger partial charge in [-0.05, 0) is 56.2 Å². The van der Waals surface area contributed by atoms with Crippen molar-refractivity contribution in [2.45, 2.75) is 33.9 Å². The Balaban J connectivity index is 1.67. The van der Waals surface area contributed by atoms with E-state index >= 15 is 0 Å². The van der Waals surface area contributed by atoms with Crippen molar-refractivity contribution in [3.05, 3.63) is 75.9 Å². The molecule has 1 aromatic heterocycles. The summed E-state index contributed by atoms with van der Waals surface area (Å²) in [7, 11) is 1.51. The van der Waals surface area contributed by atoms with Crippen molar-refractivity contribution in [1.82, 2.24) is 10.5 Å². The van der Waals surface area contributed by atoms with E-state index in [0.29, 0.717) is 33.9 Å². The van der Waals surface area contributed by atoms with Crippen LogP contribution in [0, 0.1) is 26.6 Å². The molecule has 0 aliphatic carbocycles. The summed E-state index contributed by atoms with van der Waals surface area (Å²) in [6, 6.07) is 9.82. The number of halogens is 1. The Kier molecular flexibility index (Phi) is 6.16. The van der Waals surface area contributed by atoms with Crippen molar-refractivity contribution in [3.8, 4) is 11.5 Å². The average Bonchev–Trinajstić information content (AvgIpc) is 3.04. The fourth-order valence-corrected chi connectivity index (χ4v) is 2.82. The molecule has 0 spiro atoms. The lowest BCUT2D eigenvalue weighted by molar-refractivity contribution is 0.0950. The van der Waals surface area contributed by atoms with Crippen LogP contribution in [-0.4, -0.2) is 18.2 Å². The summed E-state index contributed by atoms with van der Waals surface area (Å²) in [4.78, 5) is 12.5. The molecule has 0 aliphatic rings. The molecule has 7 heteroatoms. The molecule has 1 N–H and O–H groups in total. The molecule has 29 heavy (non-hydrogen) atoms. The first-order valence-corrected chi connectivity index (χ1v) is 9.15. The third-order valence-electron chi connectivity index (χ3n) is 4.67. The highest BCUT2D eigenvalue weighted by Gasteiger charge is 2.14. The van der Waals surface area contributed by atoms with Crippen LogP contribution < -0.4 is 14.8 Å². The Bertz CT molecular complexity index is 1010. The van der Waals surface area contributed by atoms with Crippen LogP contribution in [0.5, 0.6) is 11.5 Å². The maximum Gasteiger partial charge on any atom is 0.251 e. The molecule has 0 atom stereocenters. The van der Waals surface area contributed by atoms with Crippen LogP contribution in [0.4, 0.5) is 4.39 Å². The quantitative estimate of drug-likeness (QED) is 0.644. The number of carbonyl (C=O) groups excluding carboxylic acids is 1. The van der Waals surface area contributed by atoms with Crippen LogP contribution in [0.3, 0.4) is 0 Å². The molecule has 3 rings (SSSR count). The Morgan fingerprint density at radius 1 is 1.14 bits per heavy atom. The second-order valence-electron chi connectivity index (χ2n) is 6.72. The van der Waals surface area contributed by atoms with Gasteiger partial charge in [0, 0.05) is 12.1 Å². The fourth-order valence-electron chi connectivity index (χ4n) is 2.82. The van der Waals surface area contributed by atoms with Gasteiger partial charge in [-0.15, -0.1) is 0 Å². The third-order valence-corrected chi connectivity index (χ3v) is 4.67. The lowest BCUT2D eigenvalue weighted by atomic mass is 10.1. The van der Waals surface area contributed by atoms with Gasteiger partial charge in [0.1, 0.15) is 18.2 Å². The monoisotopic (exact) mass is 398 g/mol. The zero-order chi connectivity index (χ0) is 21.0. The lowest BCUT2D eigenvalue weighted by Crippen LogP contribution is -2.22. The normalized spacial score (nSPS) is 10.7. The molecule has 0 saturated carbocycles. The van der Waals surface area contributed by atoms with Gasteiger partial charge in [0.25, 0.3) is 5.91 Å². The first-order valence-electron chi connectivity index (χ1n) is 9.15. The third kappa shape index (κ3) is 4.74. The Morgan fingerprint density at radius 2 is 1.93 bits per heavy atom. The highest BCUT2D eigenvalue weighted by Crippen LogP contribution is 2.29. The van der Waals surface area contributed by atoms with E-state index in [-0.39, 0.29) is 24.9 Å². The number of nitrogens with one attached hydrogen (secondary N) is 1. The highest BCUT2D eigenvalue weighted by atomic mass is 19.1. The van der Waals surface area contributed by atoms with E-state index < -0.39 is 0 Å². The van der Waals surface area contributed by atoms with Crippen molar-refractivity contribution in [1.29, 1.82) is 0 Å². The van der Waals surface area contributed by atoms with Crippen LogP contribution in [0.15, 0.2) is 40.9 Å². The summed E-state index contributed by atoms with van der Waals surface area (Å²) >= 11 is 0. The maximum absolute atomic E-state index is 13.6. The Morgan fingerprint density at radius 3 is 2.59 bits per heavy atom. The number of methoxy groups -OCH3 is 1. The molecule has 0 unspecified atom stereocenters. The summed E-state index contributed by atoms with van der Waals surface area (Å²) in [5, 5.41) is 6.68. The Labute approximate surface area is 168 Å². The molecule has 6 nitrogen and oxygen atoms in total. The first-order chi connectivity index (χ1) is 13.9. The minimum absolute atomic E-state index is 0.225. The Hall–Kier alpha value is -3.35. The van der Waals surface area contributed by atoms with Gasteiger partial charge >= 0.3 is 0 Å². The van der Waals surface area contributed by atoms with E-state index in [1.54, 1.807) is 37.3 Å². The summed E-state index contributed by atoms with van der Waals surface area (Å²) in [6.45, 7) is 5.87. The van der Waals surface area contributed by atoms with E-state index in [1.807, 2.05) is 13.8 Å². The highest BCUT2D eigenvalue weighted by molar-refractivity contribution is 5.94. The van der Waals surface area contributed by atoms with E-state index in [1.165, 1.54) is 13.2 Å². The van der Waals surface area contributed by atoms with Crippen molar-refractivity contribution in [3.63, 3.8) is 0 Å². The smallest absolute Gasteiger partial charge is 0.251 e. The molecule has 0 radical (unpaired) electrons. The van der Waals surface area contributed by atoms with Gasteiger partial charge in [-0.2, -0.15) is 0 Å². The van der Waals surface area contributed by atoms with Crippen LogP contribution in [-0.2, 0) is 13.2 Å². The van der Waals surface area contributed by atoms with Crippen molar-refractivity contribution < 1.29 is 23.2 Å². The van der Waals surface area contributed by atoms with Gasteiger partial charge in [-0.1, -0.05) is 17.3 Å². The molecular formula is C22H23FN2O4. The zero-order valence-corrected chi connectivity index (χ0v) is 16.8. The number of aryl methyl sites for hydroxylation is 3. The predicted octanol–water partition coefficient (Wildman–Crippen LogP) is 4.26. The molecule has 1 heterocycles. The van der Waals surface area contributed by atoms with Crippen molar-refractivity contribution in [2.75, 3.05) is 7.11 Å². The minimum atomic E-state index is -0.293. The summed E-state index contributed by atoms with van der Waals surface area (Å²) in [5.41, 5.74) is 3.31. The van der Waals surface area contributed by atoms with Gasteiger partial charge in [-0.25, -0.2) is 4.39 Å². The molecular weight excluding hydrogens is 375 g/mol. The number of hydrogen-bond donors (Lipinski definition) is 1. The standard InChI is InChI=1S/C22H23FN2O4/c1-13-5-6-16(9-19(13)23)11-24-22(26)17-7-8-20(21(10-17)27-4)28-12-18-14(2)25-29-15(18)3/h5-10H,11-12H2,1-4H3,(H,24,26). The van der Waals surface area contributed by atoms with E-state index in [4.69, 9.17) is 14.0 Å². The van der Waals surface area contributed by atoms with E-state index in [9.17, 15) is 9.18 Å². The van der Waals surface area contributed by atoms with Crippen LogP contribution in [0.25, 0.3) is 0 Å². The molecule has 0 bridgehead atoms. The summed E-state index contributed by atoms with van der Waals surface area (Å²) < 4.78 is 30.0. The molecule has 3 aromatic rings. The number of ether oxygens (including phenoxy) is 2. The number of nitrogens with zero attached hydrogens (tertiary/aromatic N) is 1. The zero-order valence-electron chi connectivity index (χ0n) is 16.8.